The van der Waals surface area contributed by atoms with E-state index in [1.54, 1.807) is 0 Å². The maximum atomic E-state index is 12.0. The fourth-order valence-corrected chi connectivity index (χ4v) is 0.687. The van der Waals surface area contributed by atoms with E-state index in [-0.39, 0.29) is 0 Å². The van der Waals surface area contributed by atoms with E-state index < -0.39 is 42.8 Å². The summed E-state index contributed by atoms with van der Waals surface area (Å²) in [4.78, 5) is 21.0. The number of esters is 2. The normalized spacial score (nSPS) is 12.2. The van der Waals surface area contributed by atoms with Crippen molar-refractivity contribution in [2.24, 2.45) is 0 Å². The summed E-state index contributed by atoms with van der Waals surface area (Å²) in [7, 11) is 0. The lowest BCUT2D eigenvalue weighted by Gasteiger charge is -2.22. The van der Waals surface area contributed by atoms with Gasteiger partial charge in [0.1, 0.15) is 0 Å². The Kier molecular flexibility index (Phi) is 5.33. The molecule has 0 unspecified atom stereocenters. The molecule has 11 heteroatoms. The second kappa shape index (κ2) is 5.89. The van der Waals surface area contributed by atoms with E-state index in [1.807, 2.05) is 0 Å². The first-order chi connectivity index (χ1) is 8.35. The fourth-order valence-electron chi connectivity index (χ4n) is 0.687. The standard InChI is InChI=1S/C8H5F7O4/c1-3(9)5(17)18-2-4(16)19-6(7(10,11)12)8(13,14)15/h6H,1-2H2. The average molecular weight is 298 g/mol. The van der Waals surface area contributed by atoms with Gasteiger partial charge in [0.15, 0.2) is 6.61 Å². The number of carbonyl (C=O) groups excluding carboxylic acids is 2. The van der Waals surface area contributed by atoms with Gasteiger partial charge < -0.3 is 9.47 Å². The number of alkyl halides is 6. The molecule has 0 amide bonds. The molecule has 0 aliphatic heterocycles. The molecule has 0 aliphatic carbocycles. The summed E-state index contributed by atoms with van der Waals surface area (Å²) in [6.45, 7) is 0.799. The number of ether oxygens (including phenoxy) is 2. The van der Waals surface area contributed by atoms with Gasteiger partial charge in [-0.25, -0.2) is 9.59 Å². The Morgan fingerprint density at radius 3 is 1.79 bits per heavy atom. The number of hydrogen-bond donors (Lipinski definition) is 0. The van der Waals surface area contributed by atoms with E-state index in [9.17, 15) is 40.3 Å². The van der Waals surface area contributed by atoms with Crippen LogP contribution < -0.4 is 0 Å². The van der Waals surface area contributed by atoms with E-state index >= 15 is 0 Å². The third-order valence-corrected chi connectivity index (χ3v) is 1.39. The Morgan fingerprint density at radius 2 is 1.47 bits per heavy atom. The van der Waals surface area contributed by atoms with Crippen molar-refractivity contribution in [2.45, 2.75) is 18.5 Å². The highest BCUT2D eigenvalue weighted by molar-refractivity contribution is 5.87. The molecule has 0 aromatic heterocycles. The van der Waals surface area contributed by atoms with Gasteiger partial charge in [-0.05, 0) is 0 Å². The molecule has 0 aromatic rings. The lowest BCUT2D eigenvalue weighted by Crippen LogP contribution is -2.46. The quantitative estimate of drug-likeness (QED) is 0.453. The van der Waals surface area contributed by atoms with Crippen LogP contribution in [0.3, 0.4) is 0 Å². The maximum absolute atomic E-state index is 12.0. The second-order valence-corrected chi connectivity index (χ2v) is 2.93. The van der Waals surface area contributed by atoms with Gasteiger partial charge in [0.25, 0.3) is 6.10 Å². The lowest BCUT2D eigenvalue weighted by atomic mass is 10.3. The maximum Gasteiger partial charge on any atom is 0.434 e. The summed E-state index contributed by atoms with van der Waals surface area (Å²) >= 11 is 0. The highest BCUT2D eigenvalue weighted by atomic mass is 19.4. The van der Waals surface area contributed by atoms with Crippen LogP contribution in [0.5, 0.6) is 0 Å². The fraction of sp³-hybridized carbons (Fsp3) is 0.500. The molecule has 0 N–H and O–H groups in total. The van der Waals surface area contributed by atoms with E-state index in [4.69, 9.17) is 0 Å². The van der Waals surface area contributed by atoms with E-state index in [0.29, 0.717) is 0 Å². The Bertz CT molecular complexity index is 356. The van der Waals surface area contributed by atoms with E-state index in [1.165, 1.54) is 0 Å². The van der Waals surface area contributed by atoms with Crippen LogP contribution in [0, 0.1) is 0 Å². The van der Waals surface area contributed by atoms with Crippen LogP contribution in [0.25, 0.3) is 0 Å². The summed E-state index contributed by atoms with van der Waals surface area (Å²) in [5, 5.41) is 0. The molecule has 0 saturated carbocycles. The van der Waals surface area contributed by atoms with Gasteiger partial charge in [0, 0.05) is 0 Å². The Hall–Kier alpha value is -1.81. The second-order valence-electron chi connectivity index (χ2n) is 2.93. The minimum Gasteiger partial charge on any atom is -0.448 e. The van der Waals surface area contributed by atoms with Gasteiger partial charge in [-0.3, -0.25) is 0 Å². The predicted molar refractivity (Wildman–Crippen MR) is 43.2 cm³/mol. The largest absolute Gasteiger partial charge is 0.448 e. The van der Waals surface area contributed by atoms with Gasteiger partial charge in [0.2, 0.25) is 5.83 Å². The molecule has 0 aromatic carbocycles. The summed E-state index contributed by atoms with van der Waals surface area (Å²) in [6.07, 6.45) is -16.1. The smallest absolute Gasteiger partial charge is 0.434 e. The number of halogens is 7. The zero-order valence-corrected chi connectivity index (χ0v) is 8.77. The zero-order valence-electron chi connectivity index (χ0n) is 8.77. The molecule has 0 heterocycles. The van der Waals surface area contributed by atoms with Crippen LogP contribution in [0.15, 0.2) is 12.4 Å². The zero-order chi connectivity index (χ0) is 15.4. The molecule has 0 aliphatic rings. The van der Waals surface area contributed by atoms with E-state index in [0.717, 1.165) is 0 Å². The van der Waals surface area contributed by atoms with Gasteiger partial charge in [-0.1, -0.05) is 6.58 Å². The summed E-state index contributed by atoms with van der Waals surface area (Å²) in [6, 6.07) is 0. The SMILES string of the molecule is C=C(F)C(=O)OCC(=O)OC(C(F)(F)F)C(F)(F)F. The van der Waals surface area contributed by atoms with Gasteiger partial charge in [-0.15, -0.1) is 0 Å². The van der Waals surface area contributed by atoms with Crippen LogP contribution >= 0.6 is 0 Å². The molecular weight excluding hydrogens is 293 g/mol. The monoisotopic (exact) mass is 298 g/mol. The van der Waals surface area contributed by atoms with Crippen molar-refractivity contribution in [3.8, 4) is 0 Å². The van der Waals surface area contributed by atoms with Crippen LogP contribution in [0.1, 0.15) is 0 Å². The third-order valence-electron chi connectivity index (χ3n) is 1.39. The summed E-state index contributed by atoms with van der Waals surface area (Å²) in [5.74, 6) is -5.64. The molecule has 0 radical (unpaired) electrons. The van der Waals surface area contributed by atoms with Crippen molar-refractivity contribution in [3.05, 3.63) is 12.4 Å². The van der Waals surface area contributed by atoms with Crippen molar-refractivity contribution < 1.29 is 49.8 Å². The van der Waals surface area contributed by atoms with E-state index in [2.05, 4.69) is 16.1 Å². The molecule has 110 valence electrons. The number of hydrogen-bond acceptors (Lipinski definition) is 4. The summed E-state index contributed by atoms with van der Waals surface area (Å²) < 4.78 is 90.3. The molecular formula is C8H5F7O4. The third kappa shape index (κ3) is 6.06. The first kappa shape index (κ1) is 17.2. The molecule has 0 fully saturated rings. The van der Waals surface area contributed by atoms with Crippen molar-refractivity contribution in [2.75, 3.05) is 6.61 Å². The topological polar surface area (TPSA) is 52.6 Å². The van der Waals surface area contributed by atoms with Gasteiger partial charge in [-0.2, -0.15) is 30.7 Å². The highest BCUT2D eigenvalue weighted by Gasteiger charge is 2.59. The van der Waals surface area contributed by atoms with Crippen LogP contribution in [0.2, 0.25) is 0 Å². The van der Waals surface area contributed by atoms with Crippen molar-refractivity contribution in [1.82, 2.24) is 0 Å². The first-order valence-corrected chi connectivity index (χ1v) is 4.20. The van der Waals surface area contributed by atoms with Crippen molar-refractivity contribution in [3.63, 3.8) is 0 Å². The van der Waals surface area contributed by atoms with Gasteiger partial charge >= 0.3 is 24.3 Å². The predicted octanol–water partition coefficient (Wildman–Crippen LogP) is 2.05. The van der Waals surface area contributed by atoms with Crippen LogP contribution in [-0.4, -0.2) is 37.0 Å². The Labute approximate surface area is 100 Å². The summed E-state index contributed by atoms with van der Waals surface area (Å²) in [5.41, 5.74) is 0. The molecule has 0 bridgehead atoms. The molecule has 19 heavy (non-hydrogen) atoms. The van der Waals surface area contributed by atoms with Crippen molar-refractivity contribution >= 4 is 11.9 Å². The van der Waals surface area contributed by atoms with Crippen LogP contribution in [0.4, 0.5) is 30.7 Å². The first-order valence-electron chi connectivity index (χ1n) is 4.20. The molecule has 0 saturated heterocycles. The molecule has 0 rings (SSSR count). The highest BCUT2D eigenvalue weighted by Crippen LogP contribution is 2.35. The minimum atomic E-state index is -5.89. The molecule has 0 atom stereocenters. The van der Waals surface area contributed by atoms with Crippen LogP contribution in [-0.2, 0) is 19.1 Å². The van der Waals surface area contributed by atoms with Crippen molar-refractivity contribution in [1.29, 1.82) is 0 Å². The Morgan fingerprint density at radius 1 is 1.05 bits per heavy atom. The number of rotatable bonds is 4. The van der Waals surface area contributed by atoms with Gasteiger partial charge in [0.05, 0.1) is 0 Å². The molecule has 0 spiro atoms. The molecule has 4 nitrogen and oxygen atoms in total. The lowest BCUT2D eigenvalue weighted by molar-refractivity contribution is -0.313. The minimum absolute atomic E-state index is 1.62. The number of carbonyl (C=O) groups is 2. The Balaban J connectivity index is 4.59. The average Bonchev–Trinajstić information content (AvgIpc) is 2.18.